The lowest BCUT2D eigenvalue weighted by Gasteiger charge is -2.41. The van der Waals surface area contributed by atoms with Crippen molar-refractivity contribution in [3.8, 4) is 0 Å². The molecule has 2 aliphatic heterocycles. The zero-order valence-electron chi connectivity index (χ0n) is 11.6. The van der Waals surface area contributed by atoms with E-state index in [1.165, 1.54) is 58.4 Å². The number of likely N-dealkylation sites (tertiary alicyclic amines) is 2. The third-order valence-electron chi connectivity index (χ3n) is 4.54. The number of nitrogens with zero attached hydrogens (tertiary/aromatic N) is 2. The molecule has 0 unspecified atom stereocenters. The minimum absolute atomic E-state index is 0.881. The maximum Gasteiger partial charge on any atom is 0.0120 e. The second kappa shape index (κ2) is 6.72. The maximum atomic E-state index is 3.49. The predicted molar refractivity (Wildman–Crippen MR) is 73.4 cm³/mol. The molecule has 3 heteroatoms. The van der Waals surface area contributed by atoms with Crippen molar-refractivity contribution >= 4 is 0 Å². The SMILES string of the molecule is CCNCC1CCN(C2CCN(C)CC2)CC1. The summed E-state index contributed by atoms with van der Waals surface area (Å²) in [7, 11) is 2.25. The second-order valence-electron chi connectivity index (χ2n) is 5.82. The fourth-order valence-corrected chi connectivity index (χ4v) is 3.23. The van der Waals surface area contributed by atoms with Crippen molar-refractivity contribution < 1.29 is 0 Å². The van der Waals surface area contributed by atoms with Gasteiger partial charge in [-0.25, -0.2) is 0 Å². The fraction of sp³-hybridized carbons (Fsp3) is 1.00. The van der Waals surface area contributed by atoms with Gasteiger partial charge >= 0.3 is 0 Å². The molecule has 0 saturated carbocycles. The summed E-state index contributed by atoms with van der Waals surface area (Å²) < 4.78 is 0. The summed E-state index contributed by atoms with van der Waals surface area (Å²) in [6, 6.07) is 0.881. The summed E-state index contributed by atoms with van der Waals surface area (Å²) in [6.07, 6.45) is 5.57. The lowest BCUT2D eigenvalue weighted by atomic mass is 9.93. The lowest BCUT2D eigenvalue weighted by Crippen LogP contribution is -2.47. The van der Waals surface area contributed by atoms with E-state index in [-0.39, 0.29) is 0 Å². The Hall–Kier alpha value is -0.120. The third kappa shape index (κ3) is 3.94. The molecule has 0 amide bonds. The quantitative estimate of drug-likeness (QED) is 0.800. The van der Waals surface area contributed by atoms with Gasteiger partial charge in [0.05, 0.1) is 0 Å². The zero-order valence-corrected chi connectivity index (χ0v) is 11.6. The molecule has 0 atom stereocenters. The van der Waals surface area contributed by atoms with Gasteiger partial charge in [0.1, 0.15) is 0 Å². The molecule has 0 aromatic heterocycles. The van der Waals surface area contributed by atoms with E-state index in [1.807, 2.05) is 0 Å². The number of nitrogens with one attached hydrogen (secondary N) is 1. The molecule has 100 valence electrons. The van der Waals surface area contributed by atoms with E-state index in [1.54, 1.807) is 0 Å². The Labute approximate surface area is 107 Å². The molecule has 0 bridgehead atoms. The monoisotopic (exact) mass is 239 g/mol. The van der Waals surface area contributed by atoms with Crippen molar-refractivity contribution in [3.63, 3.8) is 0 Å². The largest absolute Gasteiger partial charge is 0.317 e. The van der Waals surface area contributed by atoms with Gasteiger partial charge < -0.3 is 15.1 Å². The highest BCUT2D eigenvalue weighted by Crippen LogP contribution is 2.23. The van der Waals surface area contributed by atoms with Crippen molar-refractivity contribution in [1.29, 1.82) is 0 Å². The standard InChI is InChI=1S/C14H29N3/c1-3-15-12-13-4-10-17(11-5-13)14-6-8-16(2)9-7-14/h13-15H,3-12H2,1-2H3. The lowest BCUT2D eigenvalue weighted by molar-refractivity contribution is 0.0854. The first-order valence-corrected chi connectivity index (χ1v) is 7.43. The molecule has 3 nitrogen and oxygen atoms in total. The Morgan fingerprint density at radius 1 is 1.00 bits per heavy atom. The van der Waals surface area contributed by atoms with Gasteiger partial charge in [0.15, 0.2) is 0 Å². The Balaban J connectivity index is 1.68. The van der Waals surface area contributed by atoms with Crippen molar-refractivity contribution in [1.82, 2.24) is 15.1 Å². The number of hydrogen-bond donors (Lipinski definition) is 1. The topological polar surface area (TPSA) is 18.5 Å². The Bertz CT molecular complexity index is 204. The van der Waals surface area contributed by atoms with Gasteiger partial charge in [-0.3, -0.25) is 0 Å². The fourth-order valence-electron chi connectivity index (χ4n) is 3.23. The summed E-state index contributed by atoms with van der Waals surface area (Å²) in [5.74, 6) is 0.928. The molecule has 2 heterocycles. The molecule has 0 aromatic rings. The smallest absolute Gasteiger partial charge is 0.0120 e. The predicted octanol–water partition coefficient (Wildman–Crippen LogP) is 1.40. The Morgan fingerprint density at radius 2 is 1.65 bits per heavy atom. The highest BCUT2D eigenvalue weighted by atomic mass is 15.2. The van der Waals surface area contributed by atoms with Crippen LogP contribution in [0.3, 0.4) is 0 Å². The number of piperidine rings is 2. The van der Waals surface area contributed by atoms with Crippen LogP contribution in [0.15, 0.2) is 0 Å². The molecule has 2 fully saturated rings. The van der Waals surface area contributed by atoms with Crippen molar-refractivity contribution in [2.75, 3.05) is 46.3 Å². The minimum Gasteiger partial charge on any atom is -0.317 e. The van der Waals surface area contributed by atoms with Crippen molar-refractivity contribution in [3.05, 3.63) is 0 Å². The van der Waals surface area contributed by atoms with Crippen LogP contribution in [0, 0.1) is 5.92 Å². The first-order chi connectivity index (χ1) is 8.29. The molecule has 1 N–H and O–H groups in total. The molecular weight excluding hydrogens is 210 g/mol. The first kappa shape index (κ1) is 13.3. The number of rotatable bonds is 4. The van der Waals surface area contributed by atoms with E-state index in [4.69, 9.17) is 0 Å². The highest BCUT2D eigenvalue weighted by molar-refractivity contribution is 4.82. The molecule has 0 radical (unpaired) electrons. The van der Waals surface area contributed by atoms with Crippen LogP contribution in [0.2, 0.25) is 0 Å². The summed E-state index contributed by atoms with van der Waals surface area (Å²) in [5, 5.41) is 3.49. The molecule has 17 heavy (non-hydrogen) atoms. The van der Waals surface area contributed by atoms with E-state index in [0.717, 1.165) is 18.5 Å². The highest BCUT2D eigenvalue weighted by Gasteiger charge is 2.26. The van der Waals surface area contributed by atoms with E-state index in [9.17, 15) is 0 Å². The summed E-state index contributed by atoms with van der Waals surface area (Å²) >= 11 is 0. The summed E-state index contributed by atoms with van der Waals surface area (Å²) in [6.45, 7) is 9.82. The molecule has 2 saturated heterocycles. The van der Waals surface area contributed by atoms with Crippen LogP contribution in [-0.4, -0.2) is 62.2 Å². The van der Waals surface area contributed by atoms with E-state index >= 15 is 0 Å². The maximum absolute atomic E-state index is 3.49. The number of hydrogen-bond acceptors (Lipinski definition) is 3. The molecule has 0 spiro atoms. The van der Waals surface area contributed by atoms with Gasteiger partial charge in [-0.2, -0.15) is 0 Å². The van der Waals surface area contributed by atoms with Crippen LogP contribution in [0.4, 0.5) is 0 Å². The van der Waals surface area contributed by atoms with Crippen LogP contribution in [0.5, 0.6) is 0 Å². The van der Waals surface area contributed by atoms with E-state index in [0.29, 0.717) is 0 Å². The van der Waals surface area contributed by atoms with Gasteiger partial charge in [-0.15, -0.1) is 0 Å². The van der Waals surface area contributed by atoms with Crippen LogP contribution < -0.4 is 5.32 Å². The van der Waals surface area contributed by atoms with Crippen LogP contribution >= 0.6 is 0 Å². The zero-order chi connectivity index (χ0) is 12.1. The van der Waals surface area contributed by atoms with Gasteiger partial charge in [0.25, 0.3) is 0 Å². The van der Waals surface area contributed by atoms with Crippen molar-refractivity contribution in [2.45, 2.75) is 38.6 Å². The van der Waals surface area contributed by atoms with Crippen LogP contribution in [0.1, 0.15) is 32.6 Å². The third-order valence-corrected chi connectivity index (χ3v) is 4.54. The van der Waals surface area contributed by atoms with Gasteiger partial charge in [-0.05, 0) is 77.9 Å². The second-order valence-corrected chi connectivity index (χ2v) is 5.82. The van der Waals surface area contributed by atoms with Crippen molar-refractivity contribution in [2.24, 2.45) is 5.92 Å². The molecule has 2 aliphatic rings. The average Bonchev–Trinajstić information content (AvgIpc) is 2.38. The molecular formula is C14H29N3. The average molecular weight is 239 g/mol. The Kier molecular flexibility index (Phi) is 5.26. The van der Waals surface area contributed by atoms with Crippen LogP contribution in [0.25, 0.3) is 0 Å². The molecule has 2 rings (SSSR count). The molecule has 0 aliphatic carbocycles. The summed E-state index contributed by atoms with van der Waals surface area (Å²) in [4.78, 5) is 5.23. The van der Waals surface area contributed by atoms with E-state index < -0.39 is 0 Å². The van der Waals surface area contributed by atoms with E-state index in [2.05, 4.69) is 29.1 Å². The first-order valence-electron chi connectivity index (χ1n) is 7.43. The normalized spacial score (nSPS) is 26.5. The van der Waals surface area contributed by atoms with Gasteiger partial charge in [-0.1, -0.05) is 6.92 Å². The Morgan fingerprint density at radius 3 is 2.24 bits per heavy atom. The summed E-state index contributed by atoms with van der Waals surface area (Å²) in [5.41, 5.74) is 0. The minimum atomic E-state index is 0.881. The molecule has 0 aromatic carbocycles. The van der Waals surface area contributed by atoms with Gasteiger partial charge in [0, 0.05) is 6.04 Å². The van der Waals surface area contributed by atoms with Crippen LogP contribution in [-0.2, 0) is 0 Å². The van der Waals surface area contributed by atoms with Gasteiger partial charge in [0.2, 0.25) is 0 Å².